The maximum atomic E-state index is 12.0. The van der Waals surface area contributed by atoms with Crippen LogP contribution in [0.5, 0.6) is 5.75 Å². The summed E-state index contributed by atoms with van der Waals surface area (Å²) in [6, 6.07) is 5.89. The van der Waals surface area contributed by atoms with Gasteiger partial charge in [0.1, 0.15) is 5.75 Å². The van der Waals surface area contributed by atoms with Crippen molar-refractivity contribution in [2.75, 3.05) is 0 Å². The second-order valence-electron chi connectivity index (χ2n) is 5.85. The highest BCUT2D eigenvalue weighted by Crippen LogP contribution is 2.32. The van der Waals surface area contributed by atoms with Gasteiger partial charge in [-0.2, -0.15) is 0 Å². The van der Waals surface area contributed by atoms with E-state index >= 15 is 0 Å². The molecule has 1 aliphatic carbocycles. The number of aliphatic hydroxyl groups is 1. The van der Waals surface area contributed by atoms with Crippen LogP contribution in [0.2, 0.25) is 0 Å². The lowest BCUT2D eigenvalue weighted by atomic mass is 9.89. The molecule has 1 amide bonds. The summed E-state index contributed by atoms with van der Waals surface area (Å²) >= 11 is 0. The molecule has 4 heteroatoms. The number of amides is 1. The zero-order chi connectivity index (χ0) is 15.4. The van der Waals surface area contributed by atoms with E-state index < -0.39 is 12.2 Å². The first kappa shape index (κ1) is 15.8. The van der Waals surface area contributed by atoms with Crippen LogP contribution in [0.4, 0.5) is 0 Å². The summed E-state index contributed by atoms with van der Waals surface area (Å²) in [6.07, 6.45) is 2.74. The van der Waals surface area contributed by atoms with Gasteiger partial charge in [-0.3, -0.25) is 4.79 Å². The molecule has 0 aliphatic heterocycles. The summed E-state index contributed by atoms with van der Waals surface area (Å²) in [7, 11) is 0. The Balaban J connectivity index is 2.03. The van der Waals surface area contributed by atoms with Gasteiger partial charge in [0.2, 0.25) is 0 Å². The monoisotopic (exact) mass is 291 g/mol. The molecule has 0 heterocycles. The van der Waals surface area contributed by atoms with Gasteiger partial charge in [0.15, 0.2) is 6.10 Å². The average Bonchev–Trinajstić information content (AvgIpc) is 2.47. The van der Waals surface area contributed by atoms with Crippen molar-refractivity contribution < 1.29 is 14.6 Å². The third-order valence-electron chi connectivity index (χ3n) is 4.08. The fourth-order valence-electron chi connectivity index (χ4n) is 2.55. The second kappa shape index (κ2) is 6.94. The van der Waals surface area contributed by atoms with E-state index in [9.17, 15) is 9.90 Å². The smallest absolute Gasteiger partial charge is 0.260 e. The van der Waals surface area contributed by atoms with Gasteiger partial charge in [0.05, 0.1) is 6.10 Å². The maximum absolute atomic E-state index is 12.0. The highest BCUT2D eigenvalue weighted by atomic mass is 16.5. The first-order valence-electron chi connectivity index (χ1n) is 7.79. The summed E-state index contributed by atoms with van der Waals surface area (Å²) in [5.41, 5.74) is 2.12. The molecule has 116 valence electrons. The van der Waals surface area contributed by atoms with Crippen LogP contribution in [0.3, 0.4) is 0 Å². The van der Waals surface area contributed by atoms with Gasteiger partial charge in [-0.1, -0.05) is 13.0 Å². The lowest BCUT2D eigenvalue weighted by molar-refractivity contribution is -0.127. The van der Waals surface area contributed by atoms with Crippen LogP contribution < -0.4 is 10.1 Å². The summed E-state index contributed by atoms with van der Waals surface area (Å²) in [5.74, 6) is 0.532. The van der Waals surface area contributed by atoms with Crippen molar-refractivity contribution in [2.24, 2.45) is 0 Å². The predicted molar refractivity (Wildman–Crippen MR) is 82.3 cm³/mol. The summed E-state index contributed by atoms with van der Waals surface area (Å²) in [6.45, 7) is 5.74. The summed E-state index contributed by atoms with van der Waals surface area (Å²) in [5, 5.41) is 13.0. The van der Waals surface area contributed by atoms with Crippen molar-refractivity contribution in [2.45, 2.75) is 64.7 Å². The third-order valence-corrected chi connectivity index (χ3v) is 4.08. The van der Waals surface area contributed by atoms with Crippen molar-refractivity contribution in [3.8, 4) is 5.75 Å². The van der Waals surface area contributed by atoms with E-state index in [1.54, 1.807) is 6.92 Å². The standard InChI is InChI=1S/C17H25NO3/c1-4-11(2)18-17(20)12(3)21-14-9-8-13-6-5-7-16(19)15(13)10-14/h8-12,16,19H,4-7H2,1-3H3,(H,18,20)/t11?,12?,16-/m0/s1. The molecule has 0 radical (unpaired) electrons. The molecule has 0 fully saturated rings. The lowest BCUT2D eigenvalue weighted by Crippen LogP contribution is -2.41. The quantitative estimate of drug-likeness (QED) is 0.877. The minimum Gasteiger partial charge on any atom is -0.481 e. The van der Waals surface area contributed by atoms with Gasteiger partial charge >= 0.3 is 0 Å². The molecule has 21 heavy (non-hydrogen) atoms. The minimum atomic E-state index is -0.544. The Labute approximate surface area is 126 Å². The van der Waals surface area contributed by atoms with Crippen molar-refractivity contribution in [1.82, 2.24) is 5.32 Å². The number of hydrogen-bond acceptors (Lipinski definition) is 3. The van der Waals surface area contributed by atoms with E-state index in [2.05, 4.69) is 5.32 Å². The van der Waals surface area contributed by atoms with Gasteiger partial charge in [0.25, 0.3) is 5.91 Å². The van der Waals surface area contributed by atoms with Crippen LogP contribution in [-0.4, -0.2) is 23.2 Å². The number of fused-ring (bicyclic) bond motifs is 1. The Bertz CT molecular complexity index is 501. The fraction of sp³-hybridized carbons (Fsp3) is 0.588. The molecule has 0 spiro atoms. The molecule has 2 rings (SSSR count). The highest BCUT2D eigenvalue weighted by Gasteiger charge is 2.20. The molecule has 3 atom stereocenters. The lowest BCUT2D eigenvalue weighted by Gasteiger charge is -2.23. The number of carbonyl (C=O) groups is 1. The van der Waals surface area contributed by atoms with Gasteiger partial charge in [-0.15, -0.1) is 0 Å². The fourth-order valence-corrected chi connectivity index (χ4v) is 2.55. The van der Waals surface area contributed by atoms with Gasteiger partial charge < -0.3 is 15.2 Å². The second-order valence-corrected chi connectivity index (χ2v) is 5.85. The molecule has 2 unspecified atom stereocenters. The van der Waals surface area contributed by atoms with Crippen LogP contribution >= 0.6 is 0 Å². The predicted octanol–water partition coefficient (Wildman–Crippen LogP) is 2.74. The molecule has 1 aliphatic rings. The first-order chi connectivity index (χ1) is 10.0. The van der Waals surface area contributed by atoms with Crippen LogP contribution in [0.15, 0.2) is 18.2 Å². The van der Waals surface area contributed by atoms with Crippen molar-refractivity contribution in [1.29, 1.82) is 0 Å². The average molecular weight is 291 g/mol. The molecular weight excluding hydrogens is 266 g/mol. The number of rotatable bonds is 5. The molecule has 1 aromatic carbocycles. The molecule has 1 aromatic rings. The highest BCUT2D eigenvalue weighted by molar-refractivity contribution is 5.80. The number of aryl methyl sites for hydroxylation is 1. The number of benzene rings is 1. The molecular formula is C17H25NO3. The molecule has 2 N–H and O–H groups in total. The van der Waals surface area contributed by atoms with E-state index in [0.29, 0.717) is 5.75 Å². The van der Waals surface area contributed by atoms with Gasteiger partial charge in [0, 0.05) is 6.04 Å². The van der Waals surface area contributed by atoms with Crippen molar-refractivity contribution in [3.63, 3.8) is 0 Å². The Morgan fingerprint density at radius 1 is 1.48 bits per heavy atom. The van der Waals surface area contributed by atoms with Crippen LogP contribution in [0, 0.1) is 0 Å². The Hall–Kier alpha value is -1.55. The summed E-state index contributed by atoms with van der Waals surface area (Å²) in [4.78, 5) is 12.0. The maximum Gasteiger partial charge on any atom is 0.260 e. The summed E-state index contributed by atoms with van der Waals surface area (Å²) < 4.78 is 5.71. The van der Waals surface area contributed by atoms with E-state index in [-0.39, 0.29) is 11.9 Å². The zero-order valence-electron chi connectivity index (χ0n) is 13.1. The number of ether oxygens (including phenoxy) is 1. The van der Waals surface area contributed by atoms with Gasteiger partial charge in [-0.25, -0.2) is 0 Å². The van der Waals surface area contributed by atoms with Crippen molar-refractivity contribution >= 4 is 5.91 Å². The molecule has 0 bridgehead atoms. The SMILES string of the molecule is CCC(C)NC(=O)C(C)Oc1ccc2c(c1)[C@@H](O)CCC2. The first-order valence-corrected chi connectivity index (χ1v) is 7.79. The Morgan fingerprint density at radius 3 is 2.95 bits per heavy atom. The Morgan fingerprint density at radius 2 is 2.24 bits per heavy atom. The number of hydrogen-bond donors (Lipinski definition) is 2. The zero-order valence-corrected chi connectivity index (χ0v) is 13.1. The number of carbonyl (C=O) groups excluding carboxylic acids is 1. The molecule has 4 nitrogen and oxygen atoms in total. The van der Waals surface area contributed by atoms with E-state index in [1.165, 1.54) is 5.56 Å². The Kier molecular flexibility index (Phi) is 5.23. The van der Waals surface area contributed by atoms with E-state index in [0.717, 1.165) is 31.2 Å². The third kappa shape index (κ3) is 3.97. The molecule has 0 saturated heterocycles. The van der Waals surface area contributed by atoms with Crippen LogP contribution in [0.25, 0.3) is 0 Å². The molecule has 0 saturated carbocycles. The van der Waals surface area contributed by atoms with E-state index in [1.807, 2.05) is 32.0 Å². The molecule has 0 aromatic heterocycles. The van der Waals surface area contributed by atoms with Gasteiger partial charge in [-0.05, 0) is 62.8 Å². The largest absolute Gasteiger partial charge is 0.481 e. The normalized spacial score (nSPS) is 20.3. The minimum absolute atomic E-state index is 0.109. The van der Waals surface area contributed by atoms with E-state index in [4.69, 9.17) is 4.74 Å². The number of nitrogens with one attached hydrogen (secondary N) is 1. The number of aliphatic hydroxyl groups excluding tert-OH is 1. The topological polar surface area (TPSA) is 58.6 Å². The van der Waals surface area contributed by atoms with Crippen LogP contribution in [-0.2, 0) is 11.2 Å². The van der Waals surface area contributed by atoms with Crippen molar-refractivity contribution in [3.05, 3.63) is 29.3 Å². The van der Waals surface area contributed by atoms with Crippen LogP contribution in [0.1, 0.15) is 57.3 Å².